The van der Waals surface area contributed by atoms with E-state index in [4.69, 9.17) is 5.11 Å². The quantitative estimate of drug-likeness (QED) is 0.643. The van der Waals surface area contributed by atoms with Gasteiger partial charge in [0.05, 0.1) is 11.0 Å². The Labute approximate surface area is 123 Å². The van der Waals surface area contributed by atoms with Crippen LogP contribution in [-0.2, 0) is 0 Å². The van der Waals surface area contributed by atoms with Crippen molar-refractivity contribution in [1.82, 2.24) is 9.97 Å². The number of nitrogens with zero attached hydrogens (tertiary/aromatic N) is 3. The number of aryl methyl sites for hydroxylation is 1. The second kappa shape index (κ2) is 5.83. The number of carboxylic acids is 1. The number of carboxylic acid groups (broad SMARTS) is 1. The topological polar surface area (TPSA) is 118 Å². The lowest BCUT2D eigenvalue weighted by Gasteiger charge is -2.13. The van der Waals surface area contributed by atoms with Crippen molar-refractivity contribution in [3.05, 3.63) is 44.0 Å². The molecule has 2 aromatic heterocycles. The number of carbonyl (C=O) groups is 1. The average molecular weight is 308 g/mol. The van der Waals surface area contributed by atoms with E-state index >= 15 is 0 Å². The van der Waals surface area contributed by atoms with Gasteiger partial charge in [-0.3, -0.25) is 10.1 Å². The maximum absolute atomic E-state index is 11.2. The van der Waals surface area contributed by atoms with Gasteiger partial charge in [-0.25, -0.2) is 14.8 Å². The largest absolute Gasteiger partial charge is 0.478 e. The van der Waals surface area contributed by atoms with E-state index in [9.17, 15) is 14.9 Å². The lowest BCUT2D eigenvalue weighted by Crippen LogP contribution is -2.12. The highest BCUT2D eigenvalue weighted by Gasteiger charge is 2.20. The monoisotopic (exact) mass is 308 g/mol. The van der Waals surface area contributed by atoms with E-state index in [1.165, 1.54) is 11.3 Å². The number of nitrogens with one attached hydrogen (secondary N) is 1. The van der Waals surface area contributed by atoms with Gasteiger partial charge in [-0.2, -0.15) is 0 Å². The smallest absolute Gasteiger partial charge is 0.339 e. The number of hydrogen-bond acceptors (Lipinski definition) is 7. The third-order valence-corrected chi connectivity index (χ3v) is 3.77. The van der Waals surface area contributed by atoms with Gasteiger partial charge >= 0.3 is 5.97 Å². The molecule has 9 heteroatoms. The molecule has 1 unspecified atom stereocenters. The number of pyridine rings is 1. The van der Waals surface area contributed by atoms with E-state index in [1.807, 2.05) is 13.8 Å². The van der Waals surface area contributed by atoms with Crippen LogP contribution in [0.1, 0.15) is 33.2 Å². The molecule has 0 aliphatic heterocycles. The molecule has 0 aliphatic carbocycles. The van der Waals surface area contributed by atoms with Crippen molar-refractivity contribution >= 4 is 28.8 Å². The zero-order chi connectivity index (χ0) is 15.6. The Morgan fingerprint density at radius 3 is 2.71 bits per heavy atom. The van der Waals surface area contributed by atoms with Gasteiger partial charge in [-0.1, -0.05) is 0 Å². The summed E-state index contributed by atoms with van der Waals surface area (Å²) in [7, 11) is 0. The van der Waals surface area contributed by atoms with Crippen LogP contribution in [0.3, 0.4) is 0 Å². The molecule has 0 radical (unpaired) electrons. The number of rotatable bonds is 5. The molecule has 2 N–H and O–H groups in total. The van der Waals surface area contributed by atoms with E-state index in [-0.39, 0.29) is 23.1 Å². The van der Waals surface area contributed by atoms with Crippen LogP contribution in [0.2, 0.25) is 0 Å². The molecule has 0 fully saturated rings. The van der Waals surface area contributed by atoms with Crippen LogP contribution >= 0.6 is 11.3 Å². The lowest BCUT2D eigenvalue weighted by molar-refractivity contribution is -0.385. The van der Waals surface area contributed by atoms with Gasteiger partial charge in [-0.05, 0) is 13.8 Å². The zero-order valence-electron chi connectivity index (χ0n) is 11.2. The first-order chi connectivity index (χ1) is 9.88. The molecule has 1 atom stereocenters. The first kappa shape index (κ1) is 14.9. The molecule has 0 saturated carbocycles. The second-order valence-electron chi connectivity index (χ2n) is 4.33. The van der Waals surface area contributed by atoms with Crippen molar-refractivity contribution in [2.75, 3.05) is 5.32 Å². The molecule has 21 heavy (non-hydrogen) atoms. The van der Waals surface area contributed by atoms with E-state index in [2.05, 4.69) is 15.3 Å². The number of nitro groups is 1. The highest BCUT2D eigenvalue weighted by atomic mass is 32.1. The molecular weight excluding hydrogens is 296 g/mol. The molecule has 0 aromatic carbocycles. The van der Waals surface area contributed by atoms with E-state index in [0.29, 0.717) is 0 Å². The van der Waals surface area contributed by atoms with Crippen LogP contribution in [0.25, 0.3) is 0 Å². The van der Waals surface area contributed by atoms with Gasteiger partial charge in [0.25, 0.3) is 5.69 Å². The van der Waals surface area contributed by atoms with E-state index < -0.39 is 10.9 Å². The lowest BCUT2D eigenvalue weighted by atomic mass is 10.2. The summed E-state index contributed by atoms with van der Waals surface area (Å²) in [6.45, 7) is 3.73. The fraction of sp³-hybridized carbons (Fsp3) is 0.250. The van der Waals surface area contributed by atoms with Gasteiger partial charge in [0.1, 0.15) is 22.6 Å². The first-order valence-electron chi connectivity index (χ1n) is 5.95. The zero-order valence-corrected chi connectivity index (χ0v) is 12.0. The van der Waals surface area contributed by atoms with Crippen LogP contribution in [0.4, 0.5) is 11.5 Å². The molecule has 0 bridgehead atoms. The summed E-state index contributed by atoms with van der Waals surface area (Å²) in [6, 6.07) is 0.730. The molecule has 0 saturated heterocycles. The van der Waals surface area contributed by atoms with E-state index in [1.54, 1.807) is 6.20 Å². The maximum Gasteiger partial charge on any atom is 0.339 e. The third kappa shape index (κ3) is 3.31. The number of aromatic nitrogens is 2. The summed E-state index contributed by atoms with van der Waals surface area (Å²) in [5.74, 6) is -1.20. The van der Waals surface area contributed by atoms with Crippen LogP contribution in [0.15, 0.2) is 18.5 Å². The Balaban J connectivity index is 2.31. The first-order valence-corrected chi connectivity index (χ1v) is 6.76. The Bertz CT molecular complexity index is 700. The standard InChI is InChI=1S/C12H12N4O4S/c1-6-4-14-11(21-6)7(2)15-10-9(12(17)18)3-8(5-13-10)16(19)20/h3-5,7H,1-2H3,(H,13,15)(H,17,18). The minimum absolute atomic E-state index is 0.0773. The maximum atomic E-state index is 11.2. The number of hydrogen-bond donors (Lipinski definition) is 2. The third-order valence-electron chi connectivity index (χ3n) is 2.68. The van der Waals surface area contributed by atoms with Gasteiger partial charge in [-0.15, -0.1) is 11.3 Å². The Morgan fingerprint density at radius 2 is 2.19 bits per heavy atom. The molecule has 8 nitrogen and oxygen atoms in total. The Kier molecular flexibility index (Phi) is 4.13. The minimum Gasteiger partial charge on any atom is -0.478 e. The average Bonchev–Trinajstić information content (AvgIpc) is 2.85. The second-order valence-corrected chi connectivity index (χ2v) is 5.59. The predicted octanol–water partition coefficient (Wildman–Crippen LogP) is 2.63. The summed E-state index contributed by atoms with van der Waals surface area (Å²) in [4.78, 5) is 30.3. The molecule has 110 valence electrons. The van der Waals surface area contributed by atoms with Crippen LogP contribution < -0.4 is 5.32 Å². The van der Waals surface area contributed by atoms with E-state index in [0.717, 1.165) is 22.1 Å². The van der Waals surface area contributed by atoms with Crippen molar-refractivity contribution in [2.24, 2.45) is 0 Å². The number of aromatic carboxylic acids is 1. The van der Waals surface area contributed by atoms with Crippen molar-refractivity contribution in [3.63, 3.8) is 0 Å². The number of thiazole rings is 1. The molecule has 2 aromatic rings. The predicted molar refractivity (Wildman–Crippen MR) is 76.7 cm³/mol. The van der Waals surface area contributed by atoms with Crippen molar-refractivity contribution in [3.8, 4) is 0 Å². The van der Waals surface area contributed by atoms with Gasteiger partial charge in [0.15, 0.2) is 0 Å². The molecule has 2 heterocycles. The highest BCUT2D eigenvalue weighted by molar-refractivity contribution is 7.11. The van der Waals surface area contributed by atoms with Crippen molar-refractivity contribution in [1.29, 1.82) is 0 Å². The highest BCUT2D eigenvalue weighted by Crippen LogP contribution is 2.25. The summed E-state index contributed by atoms with van der Waals surface area (Å²) >= 11 is 1.48. The summed E-state index contributed by atoms with van der Waals surface area (Å²) in [6.07, 6.45) is 2.74. The van der Waals surface area contributed by atoms with Crippen LogP contribution in [-0.4, -0.2) is 26.0 Å². The summed E-state index contributed by atoms with van der Waals surface area (Å²) in [5.41, 5.74) is -0.611. The fourth-order valence-corrected chi connectivity index (χ4v) is 2.45. The summed E-state index contributed by atoms with van der Waals surface area (Å²) in [5, 5.41) is 23.5. The molecule has 0 amide bonds. The SMILES string of the molecule is Cc1cnc(C(C)Nc2ncc([N+](=O)[O-])cc2C(=O)O)s1. The van der Waals surface area contributed by atoms with Crippen molar-refractivity contribution < 1.29 is 14.8 Å². The normalized spacial score (nSPS) is 11.9. The Morgan fingerprint density at radius 1 is 1.48 bits per heavy atom. The van der Waals surface area contributed by atoms with Gasteiger partial charge < -0.3 is 10.4 Å². The van der Waals surface area contributed by atoms with Gasteiger partial charge in [0.2, 0.25) is 0 Å². The molecular formula is C12H12N4O4S. The summed E-state index contributed by atoms with van der Waals surface area (Å²) < 4.78 is 0. The number of anilines is 1. The van der Waals surface area contributed by atoms with Gasteiger partial charge in [0, 0.05) is 17.1 Å². The molecule has 2 rings (SSSR count). The Hall–Kier alpha value is -2.55. The van der Waals surface area contributed by atoms with Crippen LogP contribution in [0, 0.1) is 17.0 Å². The minimum atomic E-state index is -1.28. The van der Waals surface area contributed by atoms with Crippen molar-refractivity contribution in [2.45, 2.75) is 19.9 Å². The molecule has 0 aliphatic rings. The fourth-order valence-electron chi connectivity index (χ4n) is 1.67. The molecule has 0 spiro atoms. The van der Waals surface area contributed by atoms with Crippen LogP contribution in [0.5, 0.6) is 0 Å².